The number of hydrazine groups is 1. The molecule has 2 aromatic rings. The lowest BCUT2D eigenvalue weighted by Crippen LogP contribution is -2.52. The van der Waals surface area contributed by atoms with Crippen LogP contribution in [0.5, 0.6) is 0 Å². The average molecular weight is 348 g/mol. The number of nitrogens with one attached hydrogen (secondary N) is 3. The number of benzene rings is 1. The molecule has 23 heavy (non-hydrogen) atoms. The lowest BCUT2D eigenvalue weighted by Gasteiger charge is -2.35. The van der Waals surface area contributed by atoms with Crippen LogP contribution < -0.4 is 16.2 Å². The van der Waals surface area contributed by atoms with E-state index in [2.05, 4.69) is 46.7 Å². The van der Waals surface area contributed by atoms with Gasteiger partial charge in [0.2, 0.25) is 5.91 Å². The number of aryl methyl sites for hydroxylation is 1. The Bertz CT molecular complexity index is 730. The number of thiophene rings is 1. The molecule has 3 N–H and O–H groups in total. The third kappa shape index (κ3) is 2.68. The minimum Gasteiger partial charge on any atom is -0.339 e. The Hall–Kier alpha value is -1.40. The van der Waals surface area contributed by atoms with Gasteiger partial charge in [-0.3, -0.25) is 4.79 Å². The first-order valence-electron chi connectivity index (χ1n) is 7.73. The van der Waals surface area contributed by atoms with Gasteiger partial charge in [0.25, 0.3) is 0 Å². The Kier molecular flexibility index (Phi) is 3.89. The van der Waals surface area contributed by atoms with Crippen LogP contribution in [-0.4, -0.2) is 12.1 Å². The molecule has 120 valence electrons. The third-order valence-corrected chi connectivity index (χ3v) is 6.22. The number of rotatable bonds is 2. The molecule has 2 fully saturated rings. The molecular formula is C17H18ClN3OS. The Labute approximate surface area is 144 Å². The number of hydrogen-bond donors (Lipinski definition) is 3. The van der Waals surface area contributed by atoms with Gasteiger partial charge < -0.3 is 5.32 Å². The van der Waals surface area contributed by atoms with Crippen LogP contribution in [0.1, 0.15) is 34.4 Å². The molecule has 0 spiro atoms. The molecule has 3 heterocycles. The average Bonchev–Trinajstić information content (AvgIpc) is 3.13. The number of halogens is 1. The quantitative estimate of drug-likeness (QED) is 0.782. The maximum absolute atomic E-state index is 12.1. The minimum atomic E-state index is -0.0524. The zero-order valence-corrected chi connectivity index (χ0v) is 14.2. The van der Waals surface area contributed by atoms with Crippen molar-refractivity contribution in [3.05, 3.63) is 56.7 Å². The van der Waals surface area contributed by atoms with Crippen LogP contribution in [0.2, 0.25) is 5.02 Å². The van der Waals surface area contributed by atoms with Crippen LogP contribution in [0.3, 0.4) is 0 Å². The normalized spacial score (nSPS) is 30.1. The highest BCUT2D eigenvalue weighted by Crippen LogP contribution is 2.45. The maximum Gasteiger partial charge on any atom is 0.221 e. The van der Waals surface area contributed by atoms with Crippen molar-refractivity contribution in [2.75, 3.05) is 0 Å². The van der Waals surface area contributed by atoms with E-state index in [0.717, 1.165) is 5.02 Å². The van der Waals surface area contributed by atoms with Crippen molar-refractivity contribution in [1.29, 1.82) is 0 Å². The lowest BCUT2D eigenvalue weighted by molar-refractivity contribution is -0.125. The van der Waals surface area contributed by atoms with E-state index in [9.17, 15) is 4.79 Å². The molecule has 0 bridgehead atoms. The number of fused-ring (bicyclic) bond motifs is 1. The number of amides is 1. The summed E-state index contributed by atoms with van der Waals surface area (Å²) in [6.45, 7) is 2.13. The fourth-order valence-corrected chi connectivity index (χ4v) is 4.95. The molecule has 2 aliphatic heterocycles. The smallest absolute Gasteiger partial charge is 0.221 e. The summed E-state index contributed by atoms with van der Waals surface area (Å²) in [5, 5.41) is 5.91. The lowest BCUT2D eigenvalue weighted by atomic mass is 9.76. The van der Waals surface area contributed by atoms with Crippen molar-refractivity contribution in [1.82, 2.24) is 16.2 Å². The summed E-state index contributed by atoms with van der Waals surface area (Å²) in [5.41, 5.74) is 9.07. The summed E-state index contributed by atoms with van der Waals surface area (Å²) >= 11 is 7.76. The number of piperidine rings is 1. The Morgan fingerprint density at radius 2 is 1.96 bits per heavy atom. The molecule has 0 saturated carbocycles. The van der Waals surface area contributed by atoms with Crippen LogP contribution in [0.15, 0.2) is 35.7 Å². The van der Waals surface area contributed by atoms with E-state index < -0.39 is 0 Å². The van der Waals surface area contributed by atoms with Gasteiger partial charge in [-0.15, -0.1) is 11.3 Å². The highest BCUT2D eigenvalue weighted by Gasteiger charge is 2.47. The summed E-state index contributed by atoms with van der Waals surface area (Å²) in [6.07, 6.45) is 0.485. The molecule has 0 aliphatic carbocycles. The first-order valence-corrected chi connectivity index (χ1v) is 8.99. The predicted molar refractivity (Wildman–Crippen MR) is 92.3 cm³/mol. The van der Waals surface area contributed by atoms with Crippen molar-refractivity contribution in [2.24, 2.45) is 5.92 Å². The van der Waals surface area contributed by atoms with Gasteiger partial charge in [0.05, 0.1) is 12.2 Å². The zero-order chi connectivity index (χ0) is 16.0. The van der Waals surface area contributed by atoms with Crippen LogP contribution in [0.25, 0.3) is 0 Å². The Balaban J connectivity index is 1.72. The molecule has 2 aliphatic rings. The summed E-state index contributed by atoms with van der Waals surface area (Å²) in [7, 11) is 0. The van der Waals surface area contributed by atoms with Crippen LogP contribution in [-0.2, 0) is 4.79 Å². The molecule has 4 rings (SSSR count). The molecule has 1 aromatic carbocycles. The second-order valence-electron chi connectivity index (χ2n) is 6.22. The van der Waals surface area contributed by atoms with Crippen LogP contribution >= 0.6 is 22.9 Å². The van der Waals surface area contributed by atoms with E-state index >= 15 is 0 Å². The maximum atomic E-state index is 12.1. The van der Waals surface area contributed by atoms with Gasteiger partial charge in [-0.25, -0.2) is 10.9 Å². The highest BCUT2D eigenvalue weighted by atomic mass is 35.5. The molecule has 1 amide bonds. The van der Waals surface area contributed by atoms with Gasteiger partial charge in [0.15, 0.2) is 0 Å². The highest BCUT2D eigenvalue weighted by molar-refractivity contribution is 7.10. The van der Waals surface area contributed by atoms with E-state index in [-0.39, 0.29) is 30.0 Å². The first-order chi connectivity index (χ1) is 11.1. The summed E-state index contributed by atoms with van der Waals surface area (Å²) in [6, 6.07) is 10.2. The number of carbonyl (C=O) groups excluding carboxylic acids is 1. The first kappa shape index (κ1) is 15.1. The molecule has 1 aromatic heterocycles. The molecule has 4 nitrogen and oxygen atoms in total. The van der Waals surface area contributed by atoms with Gasteiger partial charge in [-0.1, -0.05) is 23.7 Å². The van der Waals surface area contributed by atoms with Crippen molar-refractivity contribution in [3.63, 3.8) is 0 Å². The zero-order valence-electron chi connectivity index (χ0n) is 12.7. The molecule has 4 unspecified atom stereocenters. The largest absolute Gasteiger partial charge is 0.339 e. The van der Waals surface area contributed by atoms with E-state index in [1.54, 1.807) is 11.3 Å². The second-order valence-corrected chi connectivity index (χ2v) is 7.60. The Morgan fingerprint density at radius 1 is 1.17 bits per heavy atom. The summed E-state index contributed by atoms with van der Waals surface area (Å²) in [4.78, 5) is 13.4. The predicted octanol–water partition coefficient (Wildman–Crippen LogP) is 3.10. The second kappa shape index (κ2) is 5.91. The van der Waals surface area contributed by atoms with Crippen molar-refractivity contribution >= 4 is 28.8 Å². The van der Waals surface area contributed by atoms with Gasteiger partial charge >= 0.3 is 0 Å². The summed E-state index contributed by atoms with van der Waals surface area (Å²) < 4.78 is 0. The number of hydrogen-bond acceptors (Lipinski definition) is 4. The van der Waals surface area contributed by atoms with Crippen LogP contribution in [0, 0.1) is 12.8 Å². The van der Waals surface area contributed by atoms with Gasteiger partial charge in [0.1, 0.15) is 0 Å². The Morgan fingerprint density at radius 3 is 2.65 bits per heavy atom. The van der Waals surface area contributed by atoms with E-state index in [0.29, 0.717) is 6.42 Å². The SMILES string of the molecule is Cc1ccsc1C1CC(=O)NC2NNC(c3ccc(Cl)cc3)C21. The third-order valence-electron chi connectivity index (χ3n) is 4.82. The van der Waals surface area contributed by atoms with E-state index in [4.69, 9.17) is 11.6 Å². The molecule has 6 heteroatoms. The van der Waals surface area contributed by atoms with Gasteiger partial charge in [-0.05, 0) is 41.6 Å². The summed E-state index contributed by atoms with van der Waals surface area (Å²) in [5.74, 6) is 0.596. The van der Waals surface area contributed by atoms with Crippen LogP contribution in [0.4, 0.5) is 0 Å². The molecular weight excluding hydrogens is 330 g/mol. The van der Waals surface area contributed by atoms with Gasteiger partial charge in [-0.2, -0.15) is 0 Å². The van der Waals surface area contributed by atoms with Gasteiger partial charge in [0, 0.05) is 28.2 Å². The molecule has 0 radical (unpaired) electrons. The van der Waals surface area contributed by atoms with E-state index in [1.807, 2.05) is 12.1 Å². The van der Waals surface area contributed by atoms with Crippen molar-refractivity contribution in [2.45, 2.75) is 31.5 Å². The minimum absolute atomic E-state index is 0.0524. The van der Waals surface area contributed by atoms with E-state index in [1.165, 1.54) is 16.0 Å². The number of carbonyl (C=O) groups is 1. The monoisotopic (exact) mass is 347 g/mol. The van der Waals surface area contributed by atoms with Crippen molar-refractivity contribution in [3.8, 4) is 0 Å². The molecule has 2 saturated heterocycles. The topological polar surface area (TPSA) is 53.2 Å². The fraction of sp³-hybridized carbons (Fsp3) is 0.353. The molecule has 4 atom stereocenters. The fourth-order valence-electron chi connectivity index (χ4n) is 3.74. The standard InChI is InChI=1S/C17H18ClN3OS/c1-9-6-7-23-16(9)12-8-13(22)19-17-14(12)15(20-21-17)10-2-4-11(18)5-3-10/h2-7,12,14-15,17,20-21H,8H2,1H3,(H,19,22). The van der Waals surface area contributed by atoms with Crippen molar-refractivity contribution < 1.29 is 4.79 Å².